The summed E-state index contributed by atoms with van der Waals surface area (Å²) < 4.78 is 15.1. The van der Waals surface area contributed by atoms with Gasteiger partial charge in [0.15, 0.2) is 0 Å². The molecular formula is C15H14FN3O2. The Bertz CT molecular complexity index is 779. The summed E-state index contributed by atoms with van der Waals surface area (Å²) >= 11 is 0. The molecule has 0 aliphatic carbocycles. The highest BCUT2D eigenvalue weighted by Crippen LogP contribution is 2.34. The Hall–Kier alpha value is -2.50. The van der Waals surface area contributed by atoms with E-state index in [1.807, 2.05) is 13.0 Å². The molecule has 3 rings (SSSR count). The lowest BCUT2D eigenvalue weighted by Gasteiger charge is -2.18. The Morgan fingerprint density at radius 2 is 1.90 bits per heavy atom. The fourth-order valence-corrected chi connectivity index (χ4v) is 2.73. The topological polar surface area (TPSA) is 55.2 Å². The number of amides is 1. The summed E-state index contributed by atoms with van der Waals surface area (Å²) in [7, 11) is 1.78. The van der Waals surface area contributed by atoms with Crippen molar-refractivity contribution in [1.82, 2.24) is 9.78 Å². The smallest absolute Gasteiger partial charge is 0.299 e. The molecule has 108 valence electrons. The van der Waals surface area contributed by atoms with Gasteiger partial charge in [-0.15, -0.1) is 0 Å². The zero-order valence-corrected chi connectivity index (χ0v) is 12.0. The van der Waals surface area contributed by atoms with Gasteiger partial charge in [0.1, 0.15) is 5.82 Å². The number of carbonyl (C=O) groups excluding carboxylic acids is 2. The van der Waals surface area contributed by atoms with E-state index >= 15 is 0 Å². The molecule has 1 aromatic heterocycles. The fourth-order valence-electron chi connectivity index (χ4n) is 2.73. The molecule has 0 atom stereocenters. The molecule has 0 saturated carbocycles. The van der Waals surface area contributed by atoms with Crippen LogP contribution in [0.4, 0.5) is 10.1 Å². The number of Topliss-reactive ketones (excluding diaryl/α,β-unsaturated/α-hetero) is 1. The molecule has 1 aromatic carbocycles. The number of benzene rings is 1. The summed E-state index contributed by atoms with van der Waals surface area (Å²) in [5.41, 5.74) is 2.84. The van der Waals surface area contributed by atoms with Gasteiger partial charge in [-0.2, -0.15) is 5.10 Å². The monoisotopic (exact) mass is 287 g/mol. The zero-order chi connectivity index (χ0) is 15.3. The van der Waals surface area contributed by atoms with Gasteiger partial charge in [-0.25, -0.2) is 4.39 Å². The molecule has 1 amide bonds. The van der Waals surface area contributed by atoms with Gasteiger partial charge >= 0.3 is 0 Å². The second kappa shape index (κ2) is 4.51. The summed E-state index contributed by atoms with van der Waals surface area (Å²) in [6.45, 7) is 3.78. The number of aryl methyl sites for hydroxylation is 3. The van der Waals surface area contributed by atoms with E-state index in [0.717, 1.165) is 17.5 Å². The van der Waals surface area contributed by atoms with Crippen molar-refractivity contribution in [1.29, 1.82) is 0 Å². The second-order valence-electron chi connectivity index (χ2n) is 5.24. The number of nitrogens with zero attached hydrogens (tertiary/aromatic N) is 3. The molecule has 0 spiro atoms. The standard InChI is InChI=1S/C15H14FN3O2/c1-8-4-10(16)6-12-13(8)19(15(21)14(12)20)7-11-5-9(2)17-18(11)3/h4-6H,7H2,1-3H3. The number of halogens is 1. The first-order valence-electron chi connectivity index (χ1n) is 6.54. The molecule has 0 bridgehead atoms. The number of hydrogen-bond donors (Lipinski definition) is 0. The van der Waals surface area contributed by atoms with Crippen LogP contribution >= 0.6 is 0 Å². The number of carbonyl (C=O) groups is 2. The molecule has 2 aromatic rings. The van der Waals surface area contributed by atoms with E-state index in [0.29, 0.717) is 11.3 Å². The Morgan fingerprint density at radius 1 is 1.19 bits per heavy atom. The molecule has 0 saturated heterocycles. The molecule has 1 aliphatic rings. The maximum absolute atomic E-state index is 13.4. The van der Waals surface area contributed by atoms with Gasteiger partial charge in [0.05, 0.1) is 29.2 Å². The number of hydrogen-bond acceptors (Lipinski definition) is 3. The van der Waals surface area contributed by atoms with Crippen LogP contribution in [0.15, 0.2) is 18.2 Å². The maximum Gasteiger partial charge on any atom is 0.299 e. The fraction of sp³-hybridized carbons (Fsp3) is 0.267. The highest BCUT2D eigenvalue weighted by molar-refractivity contribution is 6.52. The van der Waals surface area contributed by atoms with Crippen molar-refractivity contribution in [3.05, 3.63) is 46.5 Å². The summed E-state index contributed by atoms with van der Waals surface area (Å²) in [6.07, 6.45) is 0. The van der Waals surface area contributed by atoms with E-state index in [2.05, 4.69) is 5.10 Å². The number of ketones is 1. The molecular weight excluding hydrogens is 273 g/mol. The van der Waals surface area contributed by atoms with Crippen molar-refractivity contribution in [2.45, 2.75) is 20.4 Å². The number of aromatic nitrogens is 2. The molecule has 0 N–H and O–H groups in total. The van der Waals surface area contributed by atoms with Gasteiger partial charge in [-0.3, -0.25) is 19.2 Å². The lowest BCUT2D eigenvalue weighted by atomic mass is 10.1. The molecule has 21 heavy (non-hydrogen) atoms. The van der Waals surface area contributed by atoms with Gasteiger partial charge in [0.25, 0.3) is 11.7 Å². The van der Waals surface area contributed by atoms with E-state index < -0.39 is 17.5 Å². The third-order valence-electron chi connectivity index (χ3n) is 3.64. The van der Waals surface area contributed by atoms with Crippen molar-refractivity contribution >= 4 is 17.4 Å². The molecule has 2 heterocycles. The van der Waals surface area contributed by atoms with E-state index in [1.54, 1.807) is 18.7 Å². The van der Waals surface area contributed by atoms with Crippen LogP contribution in [0.1, 0.15) is 27.3 Å². The number of rotatable bonds is 2. The predicted octanol–water partition coefficient (Wildman–Crippen LogP) is 1.91. The lowest BCUT2D eigenvalue weighted by molar-refractivity contribution is -0.114. The van der Waals surface area contributed by atoms with Crippen LogP contribution < -0.4 is 4.90 Å². The molecule has 0 radical (unpaired) electrons. The third-order valence-corrected chi connectivity index (χ3v) is 3.64. The summed E-state index contributed by atoms with van der Waals surface area (Å²) in [4.78, 5) is 25.6. The summed E-state index contributed by atoms with van der Waals surface area (Å²) in [5.74, 6) is -1.80. The zero-order valence-electron chi connectivity index (χ0n) is 12.0. The molecule has 6 heteroatoms. The van der Waals surface area contributed by atoms with E-state index in [9.17, 15) is 14.0 Å². The van der Waals surface area contributed by atoms with Crippen LogP contribution in [-0.2, 0) is 18.4 Å². The highest BCUT2D eigenvalue weighted by Gasteiger charge is 2.37. The van der Waals surface area contributed by atoms with Crippen LogP contribution in [0.25, 0.3) is 0 Å². The Balaban J connectivity index is 2.07. The quantitative estimate of drug-likeness (QED) is 0.793. The van der Waals surface area contributed by atoms with Crippen molar-refractivity contribution in [2.24, 2.45) is 7.05 Å². The van der Waals surface area contributed by atoms with Crippen LogP contribution in [0, 0.1) is 19.7 Å². The van der Waals surface area contributed by atoms with Crippen molar-refractivity contribution in [2.75, 3.05) is 4.90 Å². The van der Waals surface area contributed by atoms with Gasteiger partial charge < -0.3 is 0 Å². The first-order chi connectivity index (χ1) is 9.88. The molecule has 1 aliphatic heterocycles. The highest BCUT2D eigenvalue weighted by atomic mass is 19.1. The third kappa shape index (κ3) is 2.03. The van der Waals surface area contributed by atoms with E-state index in [-0.39, 0.29) is 12.1 Å². The minimum atomic E-state index is -0.661. The van der Waals surface area contributed by atoms with Crippen LogP contribution in [0.5, 0.6) is 0 Å². The van der Waals surface area contributed by atoms with E-state index in [4.69, 9.17) is 0 Å². The Labute approximate surface area is 121 Å². The number of fused-ring (bicyclic) bond motifs is 1. The minimum absolute atomic E-state index is 0.136. The van der Waals surface area contributed by atoms with Crippen LogP contribution in [0.3, 0.4) is 0 Å². The molecule has 0 fully saturated rings. The average Bonchev–Trinajstić information content (AvgIpc) is 2.83. The summed E-state index contributed by atoms with van der Waals surface area (Å²) in [6, 6.07) is 4.30. The summed E-state index contributed by atoms with van der Waals surface area (Å²) in [5, 5.41) is 4.22. The minimum Gasteiger partial charge on any atom is -0.299 e. The first-order valence-corrected chi connectivity index (χ1v) is 6.54. The van der Waals surface area contributed by atoms with Crippen molar-refractivity contribution < 1.29 is 14.0 Å². The van der Waals surface area contributed by atoms with Crippen LogP contribution in [-0.4, -0.2) is 21.5 Å². The molecule has 0 unspecified atom stereocenters. The SMILES string of the molecule is Cc1cc(CN2C(=O)C(=O)c3cc(F)cc(C)c32)n(C)n1. The maximum atomic E-state index is 13.4. The van der Waals surface area contributed by atoms with Crippen molar-refractivity contribution in [3.8, 4) is 0 Å². The number of anilines is 1. The normalized spacial score (nSPS) is 14.0. The second-order valence-corrected chi connectivity index (χ2v) is 5.24. The Kier molecular flexibility index (Phi) is 2.90. The van der Waals surface area contributed by atoms with Gasteiger partial charge in [0.2, 0.25) is 0 Å². The Morgan fingerprint density at radius 3 is 2.52 bits per heavy atom. The van der Waals surface area contributed by atoms with E-state index in [1.165, 1.54) is 11.0 Å². The molecule has 5 nitrogen and oxygen atoms in total. The van der Waals surface area contributed by atoms with Crippen LogP contribution in [0.2, 0.25) is 0 Å². The van der Waals surface area contributed by atoms with Gasteiger partial charge in [-0.1, -0.05) is 0 Å². The van der Waals surface area contributed by atoms with Gasteiger partial charge in [0, 0.05) is 7.05 Å². The predicted molar refractivity (Wildman–Crippen MR) is 74.6 cm³/mol. The largest absolute Gasteiger partial charge is 0.299 e. The van der Waals surface area contributed by atoms with Crippen molar-refractivity contribution in [3.63, 3.8) is 0 Å². The lowest BCUT2D eigenvalue weighted by Crippen LogP contribution is -2.30. The first kappa shape index (κ1) is 13.5. The average molecular weight is 287 g/mol. The van der Waals surface area contributed by atoms with Gasteiger partial charge in [-0.05, 0) is 37.6 Å².